The van der Waals surface area contributed by atoms with E-state index in [1.165, 1.54) is 0 Å². The Morgan fingerprint density at radius 1 is 1.46 bits per heavy atom. The molecule has 2 heteroatoms. The first-order valence-corrected chi connectivity index (χ1v) is 4.48. The fourth-order valence-corrected chi connectivity index (χ4v) is 1.38. The lowest BCUT2D eigenvalue weighted by Gasteiger charge is -2.05. The van der Waals surface area contributed by atoms with Gasteiger partial charge < -0.3 is 5.11 Å². The Morgan fingerprint density at radius 2 is 2.15 bits per heavy atom. The predicted molar refractivity (Wildman–Crippen MR) is 52.1 cm³/mol. The van der Waals surface area contributed by atoms with E-state index in [1.54, 1.807) is 6.07 Å². The Bertz CT molecular complexity index is 316. The molecule has 0 saturated heterocycles. The van der Waals surface area contributed by atoms with Gasteiger partial charge in [0.25, 0.3) is 0 Å². The molecule has 0 radical (unpaired) electrons. The van der Waals surface area contributed by atoms with Crippen molar-refractivity contribution in [1.82, 2.24) is 0 Å². The van der Waals surface area contributed by atoms with Crippen molar-refractivity contribution >= 4 is 5.97 Å². The molecule has 0 atom stereocenters. The van der Waals surface area contributed by atoms with Gasteiger partial charge >= 0.3 is 5.97 Å². The van der Waals surface area contributed by atoms with E-state index in [1.807, 2.05) is 26.0 Å². The van der Waals surface area contributed by atoms with Crippen molar-refractivity contribution in [2.24, 2.45) is 0 Å². The van der Waals surface area contributed by atoms with Crippen molar-refractivity contribution in [1.29, 1.82) is 0 Å². The second-order valence-corrected chi connectivity index (χ2v) is 3.22. The highest BCUT2D eigenvalue weighted by Crippen LogP contribution is 2.13. The minimum atomic E-state index is -0.827. The molecule has 1 rings (SSSR count). The molecule has 70 valence electrons. The highest BCUT2D eigenvalue weighted by Gasteiger charge is 2.08. The second-order valence-electron chi connectivity index (χ2n) is 3.22. The molecule has 13 heavy (non-hydrogen) atoms. The third-order valence-electron chi connectivity index (χ3n) is 2.02. The summed E-state index contributed by atoms with van der Waals surface area (Å²) in [4.78, 5) is 10.8. The van der Waals surface area contributed by atoms with Gasteiger partial charge in [0.2, 0.25) is 0 Å². The van der Waals surface area contributed by atoms with Gasteiger partial charge in [0.1, 0.15) is 0 Å². The molecular formula is C11H14O2. The van der Waals surface area contributed by atoms with Crippen molar-refractivity contribution in [2.45, 2.75) is 26.7 Å². The number of aryl methyl sites for hydroxylation is 2. The zero-order chi connectivity index (χ0) is 9.84. The van der Waals surface area contributed by atoms with Crippen LogP contribution in [0.3, 0.4) is 0 Å². The monoisotopic (exact) mass is 178 g/mol. The van der Waals surface area contributed by atoms with Gasteiger partial charge in [0, 0.05) is 0 Å². The number of carbonyl (C=O) groups is 1. The van der Waals surface area contributed by atoms with Crippen LogP contribution < -0.4 is 0 Å². The molecule has 0 saturated carbocycles. The van der Waals surface area contributed by atoms with Crippen molar-refractivity contribution in [3.05, 3.63) is 34.9 Å². The van der Waals surface area contributed by atoms with Gasteiger partial charge in [0.05, 0.1) is 5.56 Å². The molecule has 0 aliphatic heterocycles. The molecule has 2 nitrogen and oxygen atoms in total. The van der Waals surface area contributed by atoms with Crippen LogP contribution in [0.1, 0.15) is 34.8 Å². The Kier molecular flexibility index (Phi) is 3.07. The van der Waals surface area contributed by atoms with Crippen molar-refractivity contribution in [3.63, 3.8) is 0 Å². The number of aromatic carboxylic acids is 1. The van der Waals surface area contributed by atoms with E-state index in [2.05, 4.69) is 0 Å². The molecule has 0 aromatic heterocycles. The average molecular weight is 178 g/mol. The summed E-state index contributed by atoms with van der Waals surface area (Å²) in [5.74, 6) is -0.827. The number of rotatable bonds is 3. The van der Waals surface area contributed by atoms with Gasteiger partial charge in [-0.25, -0.2) is 4.79 Å². The van der Waals surface area contributed by atoms with Crippen LogP contribution in [0.4, 0.5) is 0 Å². The van der Waals surface area contributed by atoms with Crippen molar-refractivity contribution in [2.75, 3.05) is 0 Å². The van der Waals surface area contributed by atoms with Crippen LogP contribution in [0.5, 0.6) is 0 Å². The van der Waals surface area contributed by atoms with E-state index < -0.39 is 5.97 Å². The molecule has 0 heterocycles. The minimum absolute atomic E-state index is 0.446. The maximum absolute atomic E-state index is 10.8. The smallest absolute Gasteiger partial charge is 0.335 e. The van der Waals surface area contributed by atoms with Gasteiger partial charge in [-0.15, -0.1) is 0 Å². The standard InChI is InChI=1S/C11H14O2/c1-3-4-9-6-5-8(2)7-10(9)11(12)13/h5-7H,3-4H2,1-2H3,(H,12,13). The number of hydrogen-bond acceptors (Lipinski definition) is 1. The number of benzene rings is 1. The molecule has 0 spiro atoms. The van der Waals surface area contributed by atoms with Crippen LogP contribution >= 0.6 is 0 Å². The van der Waals surface area contributed by atoms with Gasteiger partial charge in [-0.3, -0.25) is 0 Å². The number of hydrogen-bond donors (Lipinski definition) is 1. The molecular weight excluding hydrogens is 164 g/mol. The lowest BCUT2D eigenvalue weighted by molar-refractivity contribution is 0.0695. The van der Waals surface area contributed by atoms with Crippen molar-refractivity contribution in [3.8, 4) is 0 Å². The summed E-state index contributed by atoms with van der Waals surface area (Å²) >= 11 is 0. The maximum Gasteiger partial charge on any atom is 0.335 e. The molecule has 0 fully saturated rings. The molecule has 0 aliphatic rings. The fraction of sp³-hybridized carbons (Fsp3) is 0.364. The highest BCUT2D eigenvalue weighted by molar-refractivity contribution is 5.89. The third-order valence-corrected chi connectivity index (χ3v) is 2.02. The number of carboxylic acid groups (broad SMARTS) is 1. The van der Waals surface area contributed by atoms with E-state index in [0.717, 1.165) is 24.0 Å². The quantitative estimate of drug-likeness (QED) is 0.772. The van der Waals surface area contributed by atoms with Crippen LogP contribution in [0.25, 0.3) is 0 Å². The lowest BCUT2D eigenvalue weighted by atomic mass is 10.0. The summed E-state index contributed by atoms with van der Waals surface area (Å²) in [6.07, 6.45) is 1.81. The largest absolute Gasteiger partial charge is 0.478 e. The van der Waals surface area contributed by atoms with Crippen molar-refractivity contribution < 1.29 is 9.90 Å². The van der Waals surface area contributed by atoms with Crippen LogP contribution in [-0.2, 0) is 6.42 Å². The maximum atomic E-state index is 10.8. The Balaban J connectivity index is 3.10. The second kappa shape index (κ2) is 4.08. The van der Waals surface area contributed by atoms with Gasteiger partial charge in [-0.2, -0.15) is 0 Å². The minimum Gasteiger partial charge on any atom is -0.478 e. The van der Waals surface area contributed by atoms with Crippen LogP contribution in [0.15, 0.2) is 18.2 Å². The molecule has 1 aromatic carbocycles. The summed E-state index contributed by atoms with van der Waals surface area (Å²) in [5, 5.41) is 8.92. The SMILES string of the molecule is CCCc1ccc(C)cc1C(=O)O. The summed E-state index contributed by atoms with van der Waals surface area (Å²) in [5.41, 5.74) is 2.37. The third kappa shape index (κ3) is 2.31. The van der Waals surface area contributed by atoms with E-state index in [4.69, 9.17) is 5.11 Å². The van der Waals surface area contributed by atoms with E-state index >= 15 is 0 Å². The molecule has 0 bridgehead atoms. The van der Waals surface area contributed by atoms with Gasteiger partial charge in [-0.1, -0.05) is 31.0 Å². The molecule has 0 unspecified atom stereocenters. The Morgan fingerprint density at radius 3 is 2.69 bits per heavy atom. The van der Waals surface area contributed by atoms with Gasteiger partial charge in [-0.05, 0) is 25.0 Å². The first kappa shape index (κ1) is 9.78. The first-order chi connectivity index (χ1) is 6.15. The predicted octanol–water partition coefficient (Wildman–Crippen LogP) is 2.65. The lowest BCUT2D eigenvalue weighted by Crippen LogP contribution is -2.02. The number of carboxylic acids is 1. The van der Waals surface area contributed by atoms with Gasteiger partial charge in [0.15, 0.2) is 0 Å². The molecule has 1 N–H and O–H groups in total. The summed E-state index contributed by atoms with van der Waals surface area (Å²) in [7, 11) is 0. The summed E-state index contributed by atoms with van der Waals surface area (Å²) in [6.45, 7) is 3.95. The van der Waals surface area contributed by atoms with Crippen LogP contribution in [0, 0.1) is 6.92 Å². The molecule has 0 amide bonds. The average Bonchev–Trinajstić information content (AvgIpc) is 2.08. The Labute approximate surface area is 78.2 Å². The Hall–Kier alpha value is -1.31. The zero-order valence-corrected chi connectivity index (χ0v) is 8.00. The van der Waals surface area contributed by atoms with E-state index in [-0.39, 0.29) is 0 Å². The normalized spacial score (nSPS) is 10.0. The van der Waals surface area contributed by atoms with E-state index in [0.29, 0.717) is 5.56 Å². The van der Waals surface area contributed by atoms with Crippen LogP contribution in [-0.4, -0.2) is 11.1 Å². The fourth-order valence-electron chi connectivity index (χ4n) is 1.38. The van der Waals surface area contributed by atoms with Crippen LogP contribution in [0.2, 0.25) is 0 Å². The molecule has 1 aromatic rings. The van der Waals surface area contributed by atoms with E-state index in [9.17, 15) is 4.79 Å². The molecule has 0 aliphatic carbocycles. The topological polar surface area (TPSA) is 37.3 Å². The zero-order valence-electron chi connectivity index (χ0n) is 8.00. The first-order valence-electron chi connectivity index (χ1n) is 4.48. The summed E-state index contributed by atoms with van der Waals surface area (Å²) in [6, 6.07) is 5.59. The summed E-state index contributed by atoms with van der Waals surface area (Å²) < 4.78 is 0. The highest BCUT2D eigenvalue weighted by atomic mass is 16.4.